The average Bonchev–Trinajstić information content (AvgIpc) is 2.88. The van der Waals surface area contributed by atoms with Crippen LogP contribution < -0.4 is 0 Å². The minimum atomic E-state index is -0.622. The van der Waals surface area contributed by atoms with Gasteiger partial charge in [-0.15, -0.1) is 0 Å². The van der Waals surface area contributed by atoms with E-state index < -0.39 is 6.10 Å². The number of rotatable bonds is 3. The summed E-state index contributed by atoms with van der Waals surface area (Å²) in [6.45, 7) is 1.76. The lowest BCUT2D eigenvalue weighted by atomic mass is 10.2. The number of hydrogen-bond acceptors (Lipinski definition) is 4. The second-order valence-electron chi connectivity index (χ2n) is 5.31. The highest BCUT2D eigenvalue weighted by Gasteiger charge is 2.21. The maximum absolute atomic E-state index is 12.5. The molecule has 0 bridgehead atoms. The van der Waals surface area contributed by atoms with Crippen molar-refractivity contribution in [2.24, 2.45) is 0 Å². The molecule has 1 aliphatic heterocycles. The van der Waals surface area contributed by atoms with Crippen LogP contribution >= 0.6 is 0 Å². The average molecular weight is 301 g/mol. The maximum Gasteiger partial charge on any atom is 0.242 e. The smallest absolute Gasteiger partial charge is 0.242 e. The highest BCUT2D eigenvalue weighted by Crippen LogP contribution is 2.17. The molecule has 0 aliphatic carbocycles. The number of benzene rings is 1. The van der Waals surface area contributed by atoms with Crippen LogP contribution in [-0.2, 0) is 16.1 Å². The molecule has 1 saturated heterocycles. The van der Waals surface area contributed by atoms with Gasteiger partial charge in [-0.1, -0.05) is 30.3 Å². The lowest BCUT2D eigenvalue weighted by Crippen LogP contribution is -2.39. The maximum atomic E-state index is 12.5. The number of amides is 1. The molecular formula is C16H19N3O3. The first-order valence-electron chi connectivity index (χ1n) is 7.34. The molecule has 3 rings (SSSR count). The van der Waals surface area contributed by atoms with Crippen LogP contribution in [0.3, 0.4) is 0 Å². The molecule has 6 heteroatoms. The van der Waals surface area contributed by atoms with E-state index in [-0.39, 0.29) is 19.1 Å². The molecule has 0 saturated carbocycles. The minimum absolute atomic E-state index is 0.0419. The zero-order chi connectivity index (χ0) is 15.4. The second kappa shape index (κ2) is 6.72. The fourth-order valence-electron chi connectivity index (χ4n) is 2.55. The van der Waals surface area contributed by atoms with Crippen LogP contribution in [0.5, 0.6) is 0 Å². The normalized spacial score (nSPS) is 19.0. The molecule has 22 heavy (non-hydrogen) atoms. The predicted molar refractivity (Wildman–Crippen MR) is 81.1 cm³/mol. The number of imidazole rings is 1. The molecule has 1 aromatic heterocycles. The quantitative estimate of drug-likeness (QED) is 0.909. The number of aliphatic hydroxyl groups is 1. The topological polar surface area (TPSA) is 67.6 Å². The molecular weight excluding hydrogens is 282 g/mol. The number of hydrogen-bond donors (Lipinski definition) is 1. The number of nitrogens with zero attached hydrogens (tertiary/aromatic N) is 3. The Morgan fingerprint density at radius 2 is 2.18 bits per heavy atom. The second-order valence-corrected chi connectivity index (χ2v) is 5.31. The van der Waals surface area contributed by atoms with Gasteiger partial charge in [0.2, 0.25) is 5.91 Å². The third-order valence-electron chi connectivity index (χ3n) is 3.65. The minimum Gasteiger partial charge on any atom is -0.389 e. The van der Waals surface area contributed by atoms with Gasteiger partial charge in [-0.3, -0.25) is 4.79 Å². The van der Waals surface area contributed by atoms with Crippen molar-refractivity contribution in [3.05, 3.63) is 42.7 Å². The summed E-state index contributed by atoms with van der Waals surface area (Å²) in [5, 5.41) is 9.73. The van der Waals surface area contributed by atoms with Crippen LogP contribution in [0.4, 0.5) is 0 Å². The predicted octanol–water partition coefficient (Wildman–Crippen LogP) is 0.770. The molecule has 1 atom stereocenters. The van der Waals surface area contributed by atoms with Crippen molar-refractivity contribution in [3.8, 4) is 11.4 Å². The van der Waals surface area contributed by atoms with Gasteiger partial charge in [0.15, 0.2) is 0 Å². The van der Waals surface area contributed by atoms with Crippen molar-refractivity contribution in [1.29, 1.82) is 0 Å². The summed E-state index contributed by atoms with van der Waals surface area (Å²) in [7, 11) is 0. The number of ether oxygens (including phenoxy) is 1. The Bertz CT molecular complexity index is 627. The molecule has 1 aliphatic rings. The first-order valence-corrected chi connectivity index (χ1v) is 7.34. The summed E-state index contributed by atoms with van der Waals surface area (Å²) in [6.07, 6.45) is 2.86. The van der Waals surface area contributed by atoms with Crippen molar-refractivity contribution in [2.75, 3.05) is 26.3 Å². The van der Waals surface area contributed by atoms with E-state index in [0.29, 0.717) is 19.7 Å². The van der Waals surface area contributed by atoms with E-state index in [0.717, 1.165) is 11.4 Å². The first-order chi connectivity index (χ1) is 10.7. The molecule has 2 aromatic rings. The van der Waals surface area contributed by atoms with E-state index >= 15 is 0 Å². The summed E-state index contributed by atoms with van der Waals surface area (Å²) in [4.78, 5) is 18.4. The van der Waals surface area contributed by atoms with Gasteiger partial charge in [0.1, 0.15) is 12.4 Å². The first kappa shape index (κ1) is 14.7. The molecule has 1 amide bonds. The Balaban J connectivity index is 1.73. The number of aromatic nitrogens is 2. The SMILES string of the molecule is O=C(Cn1ccnc1-c1ccccc1)N1CCOC[C@@H](O)C1. The number of aliphatic hydroxyl groups excluding tert-OH is 1. The lowest BCUT2D eigenvalue weighted by molar-refractivity contribution is -0.132. The van der Waals surface area contributed by atoms with Gasteiger partial charge in [0, 0.05) is 31.0 Å². The summed E-state index contributed by atoms with van der Waals surface area (Å²) in [5.74, 6) is 0.723. The van der Waals surface area contributed by atoms with Gasteiger partial charge in [-0.2, -0.15) is 0 Å². The fourth-order valence-corrected chi connectivity index (χ4v) is 2.55. The van der Waals surface area contributed by atoms with E-state index in [9.17, 15) is 9.90 Å². The van der Waals surface area contributed by atoms with Crippen LogP contribution in [0.25, 0.3) is 11.4 Å². The molecule has 1 N–H and O–H groups in total. The Morgan fingerprint density at radius 3 is 3.00 bits per heavy atom. The highest BCUT2D eigenvalue weighted by molar-refractivity contribution is 5.76. The third kappa shape index (κ3) is 3.35. The van der Waals surface area contributed by atoms with Crippen LogP contribution in [0.2, 0.25) is 0 Å². The number of carbonyl (C=O) groups excluding carboxylic acids is 1. The third-order valence-corrected chi connectivity index (χ3v) is 3.65. The van der Waals surface area contributed by atoms with Crippen molar-refractivity contribution >= 4 is 5.91 Å². The van der Waals surface area contributed by atoms with Gasteiger partial charge >= 0.3 is 0 Å². The van der Waals surface area contributed by atoms with Crippen molar-refractivity contribution in [3.63, 3.8) is 0 Å². The van der Waals surface area contributed by atoms with Crippen molar-refractivity contribution in [2.45, 2.75) is 12.6 Å². The molecule has 0 unspecified atom stereocenters. The monoisotopic (exact) mass is 301 g/mol. The summed E-state index contributed by atoms with van der Waals surface area (Å²) in [5.41, 5.74) is 0.972. The van der Waals surface area contributed by atoms with E-state index in [1.54, 1.807) is 17.3 Å². The van der Waals surface area contributed by atoms with E-state index in [1.807, 2.05) is 34.9 Å². The largest absolute Gasteiger partial charge is 0.389 e. The van der Waals surface area contributed by atoms with Crippen molar-refractivity contribution < 1.29 is 14.6 Å². The standard InChI is InChI=1S/C16H19N3O3/c20-14-10-18(8-9-22-12-14)15(21)11-19-7-6-17-16(19)13-4-2-1-3-5-13/h1-7,14,20H,8-12H2/t14-/m0/s1. The Kier molecular flexibility index (Phi) is 4.50. The van der Waals surface area contributed by atoms with Crippen LogP contribution in [-0.4, -0.2) is 57.9 Å². The van der Waals surface area contributed by atoms with Crippen LogP contribution in [0.15, 0.2) is 42.7 Å². The van der Waals surface area contributed by atoms with Crippen LogP contribution in [0.1, 0.15) is 0 Å². The summed E-state index contributed by atoms with van der Waals surface area (Å²) in [6, 6.07) is 9.76. The molecule has 1 fully saturated rings. The fraction of sp³-hybridized carbons (Fsp3) is 0.375. The molecule has 6 nitrogen and oxygen atoms in total. The number of carbonyl (C=O) groups is 1. The Morgan fingerprint density at radius 1 is 1.36 bits per heavy atom. The zero-order valence-corrected chi connectivity index (χ0v) is 12.3. The molecule has 0 spiro atoms. The summed E-state index contributed by atoms with van der Waals surface area (Å²) >= 11 is 0. The van der Waals surface area contributed by atoms with Gasteiger partial charge in [-0.25, -0.2) is 4.98 Å². The highest BCUT2D eigenvalue weighted by atomic mass is 16.5. The van der Waals surface area contributed by atoms with Crippen LogP contribution in [0, 0.1) is 0 Å². The van der Waals surface area contributed by atoms with Gasteiger partial charge in [0.05, 0.1) is 19.3 Å². The summed E-state index contributed by atoms with van der Waals surface area (Å²) < 4.78 is 7.08. The Hall–Kier alpha value is -2.18. The lowest BCUT2D eigenvalue weighted by Gasteiger charge is -2.22. The molecule has 2 heterocycles. The Labute approximate surface area is 129 Å². The molecule has 0 radical (unpaired) electrons. The zero-order valence-electron chi connectivity index (χ0n) is 12.3. The van der Waals surface area contributed by atoms with Gasteiger partial charge in [0.25, 0.3) is 0 Å². The number of β-amino-alcohol motifs (C(OH)–C–C–N with tert-alkyl or cyclic N) is 1. The molecule has 116 valence electrons. The van der Waals surface area contributed by atoms with Gasteiger partial charge in [-0.05, 0) is 0 Å². The van der Waals surface area contributed by atoms with Crippen molar-refractivity contribution in [1.82, 2.24) is 14.5 Å². The van der Waals surface area contributed by atoms with Gasteiger partial charge < -0.3 is 19.3 Å². The van der Waals surface area contributed by atoms with E-state index in [2.05, 4.69) is 4.98 Å². The van der Waals surface area contributed by atoms with E-state index in [1.165, 1.54) is 0 Å². The molecule has 1 aromatic carbocycles. The van der Waals surface area contributed by atoms with E-state index in [4.69, 9.17) is 4.74 Å².